The highest BCUT2D eigenvalue weighted by Gasteiger charge is 2.18. The number of hydrogen-bond acceptors (Lipinski definition) is 7. The smallest absolute Gasteiger partial charge is 0.321 e. The van der Waals surface area contributed by atoms with E-state index in [2.05, 4.69) is 4.72 Å². The highest BCUT2D eigenvalue weighted by atomic mass is 32.2. The minimum Gasteiger partial charge on any atom is -0.493 e. The van der Waals surface area contributed by atoms with E-state index in [4.69, 9.17) is 18.9 Å². The molecule has 1 N–H and O–H groups in total. The average Bonchev–Trinajstić information content (AvgIpc) is 2.70. The Bertz CT molecular complexity index is 901. The monoisotopic (exact) mass is 413 g/mol. The molecule has 28 heavy (non-hydrogen) atoms. The summed E-state index contributed by atoms with van der Waals surface area (Å²) < 4.78 is 59.7. The molecule has 0 heterocycles. The number of hydrogen-bond donors (Lipinski definition) is 1. The largest absolute Gasteiger partial charge is 0.493 e. The molecular formula is C18H20FNO7S. The van der Waals surface area contributed by atoms with Crippen molar-refractivity contribution in [1.82, 2.24) is 4.72 Å². The molecule has 0 saturated carbocycles. The number of carbonyl (C=O) groups excluding carboxylic acids is 1. The predicted molar refractivity (Wildman–Crippen MR) is 97.6 cm³/mol. The van der Waals surface area contributed by atoms with E-state index in [0.717, 1.165) is 0 Å². The third kappa shape index (κ3) is 6.10. The Morgan fingerprint density at radius 1 is 1.00 bits per heavy atom. The van der Waals surface area contributed by atoms with Crippen LogP contribution in [-0.2, 0) is 19.6 Å². The lowest BCUT2D eigenvalue weighted by atomic mass is 10.3. The predicted octanol–water partition coefficient (Wildman–Crippen LogP) is 1.74. The van der Waals surface area contributed by atoms with E-state index >= 15 is 0 Å². The average molecular weight is 413 g/mol. The van der Waals surface area contributed by atoms with E-state index < -0.39 is 22.5 Å². The van der Waals surface area contributed by atoms with Gasteiger partial charge in [0.15, 0.2) is 11.5 Å². The number of halogens is 1. The van der Waals surface area contributed by atoms with E-state index in [1.54, 1.807) is 0 Å². The number of ether oxygens (including phenoxy) is 4. The van der Waals surface area contributed by atoms with Gasteiger partial charge in [-0.1, -0.05) is 0 Å². The Hall–Kier alpha value is -2.85. The van der Waals surface area contributed by atoms with Gasteiger partial charge in [0.2, 0.25) is 10.0 Å². The molecule has 0 fully saturated rings. The second kappa shape index (κ2) is 9.90. The first-order chi connectivity index (χ1) is 13.4. The minimum absolute atomic E-state index is 0.0415. The summed E-state index contributed by atoms with van der Waals surface area (Å²) in [5.41, 5.74) is 0. The molecule has 0 spiro atoms. The van der Waals surface area contributed by atoms with Crippen molar-refractivity contribution in [2.24, 2.45) is 0 Å². The zero-order valence-corrected chi connectivity index (χ0v) is 16.1. The summed E-state index contributed by atoms with van der Waals surface area (Å²) in [6.07, 6.45) is 0. The van der Waals surface area contributed by atoms with Crippen LogP contribution in [0.4, 0.5) is 4.39 Å². The molecule has 0 aliphatic heterocycles. The lowest BCUT2D eigenvalue weighted by molar-refractivity contribution is -0.142. The van der Waals surface area contributed by atoms with Crippen molar-refractivity contribution in [2.45, 2.75) is 4.90 Å². The molecular weight excluding hydrogens is 393 g/mol. The van der Waals surface area contributed by atoms with Crippen molar-refractivity contribution in [1.29, 1.82) is 0 Å². The van der Waals surface area contributed by atoms with Crippen molar-refractivity contribution >= 4 is 16.0 Å². The maximum atomic E-state index is 12.8. The molecule has 2 aromatic carbocycles. The van der Waals surface area contributed by atoms with Gasteiger partial charge in [0, 0.05) is 6.07 Å². The van der Waals surface area contributed by atoms with Crippen LogP contribution in [-0.4, -0.2) is 48.4 Å². The maximum Gasteiger partial charge on any atom is 0.321 e. The number of methoxy groups -OCH3 is 2. The molecule has 0 aliphatic carbocycles. The highest BCUT2D eigenvalue weighted by molar-refractivity contribution is 7.89. The third-order valence-corrected chi connectivity index (χ3v) is 4.90. The van der Waals surface area contributed by atoms with Gasteiger partial charge in [0.1, 0.15) is 31.3 Å². The fraction of sp³-hybridized carbons (Fsp3) is 0.278. The summed E-state index contributed by atoms with van der Waals surface area (Å²) >= 11 is 0. The van der Waals surface area contributed by atoms with Gasteiger partial charge in [-0.2, -0.15) is 4.72 Å². The molecule has 10 heteroatoms. The van der Waals surface area contributed by atoms with Crippen LogP contribution in [0.15, 0.2) is 47.4 Å². The van der Waals surface area contributed by atoms with E-state index in [1.165, 1.54) is 56.7 Å². The quantitative estimate of drug-likeness (QED) is 0.468. The summed E-state index contributed by atoms with van der Waals surface area (Å²) in [6, 6.07) is 9.41. The van der Waals surface area contributed by atoms with Crippen LogP contribution in [0.5, 0.6) is 17.2 Å². The molecule has 2 aromatic rings. The Labute approximate surface area is 162 Å². The fourth-order valence-corrected chi connectivity index (χ4v) is 3.10. The van der Waals surface area contributed by atoms with Gasteiger partial charge in [-0.05, 0) is 36.4 Å². The lowest BCUT2D eigenvalue weighted by Gasteiger charge is -2.11. The third-order valence-electron chi connectivity index (χ3n) is 3.50. The Kier molecular flexibility index (Phi) is 7.59. The van der Waals surface area contributed by atoms with Crippen LogP contribution < -0.4 is 18.9 Å². The number of nitrogens with one attached hydrogen (secondary N) is 1. The van der Waals surface area contributed by atoms with Crippen molar-refractivity contribution in [2.75, 3.05) is 34.0 Å². The van der Waals surface area contributed by atoms with Gasteiger partial charge in [0.05, 0.1) is 19.1 Å². The van der Waals surface area contributed by atoms with Gasteiger partial charge in [-0.25, -0.2) is 12.8 Å². The first kappa shape index (κ1) is 21.5. The summed E-state index contributed by atoms with van der Waals surface area (Å²) in [5.74, 6) is -0.119. The van der Waals surface area contributed by atoms with Crippen molar-refractivity contribution in [3.8, 4) is 17.2 Å². The Morgan fingerprint density at radius 2 is 1.68 bits per heavy atom. The molecule has 8 nitrogen and oxygen atoms in total. The first-order valence-electron chi connectivity index (χ1n) is 8.11. The molecule has 0 amide bonds. The van der Waals surface area contributed by atoms with Crippen molar-refractivity contribution in [3.63, 3.8) is 0 Å². The summed E-state index contributed by atoms with van der Waals surface area (Å²) in [4.78, 5) is 11.6. The van der Waals surface area contributed by atoms with Crippen LogP contribution in [0.1, 0.15) is 0 Å². The normalized spacial score (nSPS) is 11.0. The molecule has 0 aliphatic rings. The fourth-order valence-electron chi connectivity index (χ4n) is 2.12. The van der Waals surface area contributed by atoms with E-state index in [0.29, 0.717) is 11.5 Å². The van der Waals surface area contributed by atoms with Crippen LogP contribution in [0.3, 0.4) is 0 Å². The number of benzene rings is 2. The highest BCUT2D eigenvalue weighted by Crippen LogP contribution is 2.29. The second-order valence-corrected chi connectivity index (χ2v) is 7.13. The Balaban J connectivity index is 1.80. The first-order valence-corrected chi connectivity index (χ1v) is 9.59. The van der Waals surface area contributed by atoms with Gasteiger partial charge in [-0.15, -0.1) is 0 Å². The van der Waals surface area contributed by atoms with Crippen molar-refractivity contribution in [3.05, 3.63) is 48.3 Å². The standard InChI is InChI=1S/C18H20FNO7S/c1-24-16-8-7-15(11-17(16)25-2)28(22,23)20-12-18(21)27-10-9-26-14-5-3-13(19)4-6-14/h3-8,11,20H,9-10,12H2,1-2H3. The van der Waals surface area contributed by atoms with Gasteiger partial charge in [0.25, 0.3) is 0 Å². The van der Waals surface area contributed by atoms with E-state index in [1.807, 2.05) is 0 Å². The summed E-state index contributed by atoms with van der Waals surface area (Å²) in [5, 5.41) is 0. The van der Waals surface area contributed by atoms with E-state index in [9.17, 15) is 17.6 Å². The van der Waals surface area contributed by atoms with Crippen LogP contribution in [0, 0.1) is 5.82 Å². The van der Waals surface area contributed by atoms with Gasteiger partial charge in [-0.3, -0.25) is 4.79 Å². The lowest BCUT2D eigenvalue weighted by Crippen LogP contribution is -2.31. The topological polar surface area (TPSA) is 100 Å². The molecule has 0 radical (unpaired) electrons. The number of rotatable bonds is 10. The number of sulfonamides is 1. The molecule has 0 unspecified atom stereocenters. The summed E-state index contributed by atoms with van der Waals surface area (Å²) in [7, 11) is -1.13. The second-order valence-electron chi connectivity index (χ2n) is 5.36. The summed E-state index contributed by atoms with van der Waals surface area (Å²) in [6.45, 7) is -0.596. The zero-order valence-electron chi connectivity index (χ0n) is 15.3. The van der Waals surface area contributed by atoms with E-state index in [-0.39, 0.29) is 29.7 Å². The Morgan fingerprint density at radius 3 is 2.32 bits per heavy atom. The molecule has 152 valence electrons. The maximum absolute atomic E-state index is 12.8. The molecule has 0 atom stereocenters. The van der Waals surface area contributed by atoms with Crippen LogP contribution in [0.2, 0.25) is 0 Å². The molecule has 0 aromatic heterocycles. The zero-order chi connectivity index (χ0) is 20.6. The number of esters is 1. The molecule has 2 rings (SSSR count). The number of carbonyl (C=O) groups is 1. The SMILES string of the molecule is COc1ccc(S(=O)(=O)NCC(=O)OCCOc2ccc(F)cc2)cc1OC. The van der Waals surface area contributed by atoms with Crippen molar-refractivity contribution < 1.29 is 36.6 Å². The minimum atomic E-state index is -3.94. The van der Waals surface area contributed by atoms with Gasteiger partial charge < -0.3 is 18.9 Å². The van der Waals surface area contributed by atoms with Crippen LogP contribution in [0.25, 0.3) is 0 Å². The molecule has 0 saturated heterocycles. The van der Waals surface area contributed by atoms with Gasteiger partial charge >= 0.3 is 5.97 Å². The molecule has 0 bridgehead atoms. The van der Waals surface area contributed by atoms with Crippen LogP contribution >= 0.6 is 0 Å².